The van der Waals surface area contributed by atoms with Crippen LogP contribution >= 0.6 is 0 Å². The minimum atomic E-state index is -0.374. The summed E-state index contributed by atoms with van der Waals surface area (Å²) in [5, 5.41) is 21.3. The van der Waals surface area contributed by atoms with Gasteiger partial charge >= 0.3 is 0 Å². The van der Waals surface area contributed by atoms with Gasteiger partial charge in [0.25, 0.3) is 0 Å². The first-order valence-electron chi connectivity index (χ1n) is 12.3. The molecule has 1 aromatic heterocycles. The third kappa shape index (κ3) is 4.71. The first-order chi connectivity index (χ1) is 15.4. The van der Waals surface area contributed by atoms with E-state index in [1.54, 1.807) is 4.80 Å². The van der Waals surface area contributed by atoms with Crippen molar-refractivity contribution in [2.45, 2.75) is 91.4 Å². The van der Waals surface area contributed by atoms with Crippen molar-refractivity contribution >= 4 is 0 Å². The Morgan fingerprint density at radius 1 is 0.818 bits per heavy atom. The summed E-state index contributed by atoms with van der Waals surface area (Å²) in [6.07, 6.45) is 5.27. The SMILES string of the molecule is CC(C)(C)CC(C)(C)c1cc(-n2nc3c(n2)CCCC3)c(O)c(C(C)(C)c2ccccc2)c1. The number of phenols is 1. The van der Waals surface area contributed by atoms with Gasteiger partial charge in [0, 0.05) is 11.0 Å². The van der Waals surface area contributed by atoms with Crippen molar-refractivity contribution in [3.8, 4) is 11.4 Å². The van der Waals surface area contributed by atoms with Crippen molar-refractivity contribution in [1.82, 2.24) is 15.0 Å². The number of hydrogen-bond acceptors (Lipinski definition) is 3. The highest BCUT2D eigenvalue weighted by Crippen LogP contribution is 2.44. The van der Waals surface area contributed by atoms with Crippen LogP contribution in [0.15, 0.2) is 42.5 Å². The summed E-state index contributed by atoms with van der Waals surface area (Å²) in [6, 6.07) is 14.7. The molecule has 0 unspecified atom stereocenters. The van der Waals surface area contributed by atoms with Crippen LogP contribution in [-0.4, -0.2) is 20.1 Å². The van der Waals surface area contributed by atoms with E-state index in [-0.39, 0.29) is 22.0 Å². The standard InChI is InChI=1S/C29H39N3O/c1-27(2,3)19-28(4,5)21-17-22(29(6,7)20-13-9-8-10-14-20)26(33)25(18-21)32-30-23-15-11-12-16-24(23)31-32/h8-10,13-14,17-18,33H,11-12,15-16,19H2,1-7H3. The van der Waals surface area contributed by atoms with Crippen molar-refractivity contribution in [3.05, 3.63) is 70.5 Å². The molecule has 1 aliphatic carbocycles. The summed E-state index contributed by atoms with van der Waals surface area (Å²) in [5.41, 5.74) is 5.85. The van der Waals surface area contributed by atoms with E-state index in [0.29, 0.717) is 5.69 Å². The topological polar surface area (TPSA) is 50.9 Å². The van der Waals surface area contributed by atoms with Gasteiger partial charge < -0.3 is 5.11 Å². The van der Waals surface area contributed by atoms with E-state index in [9.17, 15) is 5.11 Å². The summed E-state index contributed by atoms with van der Waals surface area (Å²) < 4.78 is 0. The van der Waals surface area contributed by atoms with Crippen LogP contribution in [0, 0.1) is 5.41 Å². The molecule has 4 rings (SSSR count). The molecule has 0 bridgehead atoms. The Bertz CT molecular complexity index is 1110. The quantitative estimate of drug-likeness (QED) is 0.465. The van der Waals surface area contributed by atoms with Crippen molar-refractivity contribution < 1.29 is 5.11 Å². The van der Waals surface area contributed by atoms with Crippen LogP contribution in [0.2, 0.25) is 0 Å². The normalized spacial score (nSPS) is 14.9. The van der Waals surface area contributed by atoms with Gasteiger partial charge in [-0.1, -0.05) is 84.9 Å². The van der Waals surface area contributed by atoms with Gasteiger partial charge in [-0.25, -0.2) is 0 Å². The molecule has 3 aromatic rings. The molecule has 0 saturated heterocycles. The number of phenolic OH excluding ortho intramolecular Hbond substituents is 1. The van der Waals surface area contributed by atoms with E-state index < -0.39 is 0 Å². The van der Waals surface area contributed by atoms with E-state index in [0.717, 1.165) is 49.1 Å². The molecule has 33 heavy (non-hydrogen) atoms. The fraction of sp³-hybridized carbons (Fsp3) is 0.517. The molecule has 1 N–H and O–H groups in total. The lowest BCUT2D eigenvalue weighted by Crippen LogP contribution is -2.27. The molecule has 2 aromatic carbocycles. The summed E-state index contributed by atoms with van der Waals surface area (Å²) in [7, 11) is 0. The lowest BCUT2D eigenvalue weighted by molar-refractivity contribution is 0.283. The number of nitrogens with zero attached hydrogens (tertiary/aromatic N) is 3. The van der Waals surface area contributed by atoms with E-state index in [1.165, 1.54) is 11.1 Å². The van der Waals surface area contributed by atoms with Gasteiger partial charge in [-0.2, -0.15) is 10.2 Å². The lowest BCUT2D eigenvalue weighted by Gasteiger charge is -2.35. The molecule has 0 fully saturated rings. The Hall–Kier alpha value is -2.62. The number of aromatic hydroxyl groups is 1. The second kappa shape index (κ2) is 8.30. The van der Waals surface area contributed by atoms with Gasteiger partial charge in [0.2, 0.25) is 0 Å². The molecule has 0 spiro atoms. The first kappa shape index (κ1) is 23.5. The molecular formula is C29H39N3O. The number of benzene rings is 2. The minimum absolute atomic E-state index is 0.0744. The number of hydrogen-bond donors (Lipinski definition) is 1. The number of rotatable bonds is 5. The molecule has 0 saturated carbocycles. The third-order valence-electron chi connectivity index (χ3n) is 7.07. The van der Waals surface area contributed by atoms with Gasteiger partial charge in [0.05, 0.1) is 11.4 Å². The molecule has 4 nitrogen and oxygen atoms in total. The van der Waals surface area contributed by atoms with E-state index in [2.05, 4.69) is 84.9 Å². The van der Waals surface area contributed by atoms with Gasteiger partial charge in [-0.3, -0.25) is 0 Å². The lowest BCUT2D eigenvalue weighted by atomic mass is 9.70. The van der Waals surface area contributed by atoms with E-state index in [4.69, 9.17) is 10.2 Å². The monoisotopic (exact) mass is 445 g/mol. The van der Waals surface area contributed by atoms with E-state index >= 15 is 0 Å². The van der Waals surface area contributed by atoms with Crippen LogP contribution in [0.5, 0.6) is 5.75 Å². The molecule has 0 aliphatic heterocycles. The molecule has 1 aliphatic rings. The van der Waals surface area contributed by atoms with Crippen molar-refractivity contribution in [2.75, 3.05) is 0 Å². The molecule has 176 valence electrons. The average Bonchev–Trinajstić information content (AvgIpc) is 3.16. The first-order valence-corrected chi connectivity index (χ1v) is 12.3. The van der Waals surface area contributed by atoms with Crippen LogP contribution in [-0.2, 0) is 23.7 Å². The van der Waals surface area contributed by atoms with Crippen molar-refractivity contribution in [1.29, 1.82) is 0 Å². The van der Waals surface area contributed by atoms with Gasteiger partial charge in [-0.05, 0) is 60.1 Å². The average molecular weight is 446 g/mol. The fourth-order valence-corrected chi connectivity index (χ4v) is 5.52. The molecule has 0 radical (unpaired) electrons. The number of aromatic nitrogens is 3. The van der Waals surface area contributed by atoms with Gasteiger partial charge in [-0.15, -0.1) is 4.80 Å². The Balaban J connectivity index is 1.93. The second-order valence-corrected chi connectivity index (χ2v) is 12.1. The van der Waals surface area contributed by atoms with Gasteiger partial charge in [0.1, 0.15) is 11.4 Å². The maximum atomic E-state index is 11.6. The predicted octanol–water partition coefficient (Wildman–Crippen LogP) is 6.89. The number of fused-ring (bicyclic) bond motifs is 1. The van der Waals surface area contributed by atoms with Crippen LogP contribution in [0.4, 0.5) is 0 Å². The van der Waals surface area contributed by atoms with Crippen LogP contribution in [0.1, 0.15) is 95.8 Å². The largest absolute Gasteiger partial charge is 0.505 e. The molecule has 1 heterocycles. The Morgan fingerprint density at radius 2 is 1.39 bits per heavy atom. The smallest absolute Gasteiger partial charge is 0.147 e. The summed E-state index contributed by atoms with van der Waals surface area (Å²) >= 11 is 0. The van der Waals surface area contributed by atoms with Crippen LogP contribution in [0.3, 0.4) is 0 Å². The van der Waals surface area contributed by atoms with Crippen molar-refractivity contribution in [3.63, 3.8) is 0 Å². The molecule has 4 heteroatoms. The van der Waals surface area contributed by atoms with E-state index in [1.807, 2.05) is 6.07 Å². The maximum absolute atomic E-state index is 11.6. The third-order valence-corrected chi connectivity index (χ3v) is 7.07. The Kier molecular flexibility index (Phi) is 5.92. The highest BCUT2D eigenvalue weighted by molar-refractivity contribution is 5.58. The van der Waals surface area contributed by atoms with Crippen LogP contribution < -0.4 is 0 Å². The zero-order valence-corrected chi connectivity index (χ0v) is 21.4. The minimum Gasteiger partial charge on any atom is -0.505 e. The highest BCUT2D eigenvalue weighted by Gasteiger charge is 2.34. The fourth-order valence-electron chi connectivity index (χ4n) is 5.52. The summed E-state index contributed by atoms with van der Waals surface area (Å²) in [4.78, 5) is 1.69. The van der Waals surface area contributed by atoms with Crippen molar-refractivity contribution in [2.24, 2.45) is 5.41 Å². The predicted molar refractivity (Wildman–Crippen MR) is 135 cm³/mol. The zero-order valence-electron chi connectivity index (χ0n) is 21.4. The highest BCUT2D eigenvalue weighted by atomic mass is 16.3. The Morgan fingerprint density at radius 3 is 1.94 bits per heavy atom. The number of aryl methyl sites for hydroxylation is 2. The molecule has 0 atom stereocenters. The zero-order chi connectivity index (χ0) is 24.0. The summed E-state index contributed by atoms with van der Waals surface area (Å²) in [5.74, 6) is 0.270. The van der Waals surface area contributed by atoms with Crippen LogP contribution in [0.25, 0.3) is 5.69 Å². The maximum Gasteiger partial charge on any atom is 0.147 e. The summed E-state index contributed by atoms with van der Waals surface area (Å²) in [6.45, 7) is 15.8. The second-order valence-electron chi connectivity index (χ2n) is 12.1. The molecular weight excluding hydrogens is 406 g/mol. The van der Waals surface area contributed by atoms with Gasteiger partial charge in [0.15, 0.2) is 0 Å². The molecule has 0 amide bonds. The Labute approximate surface area is 199 Å².